The minimum absolute atomic E-state index is 0.0161. The highest BCUT2D eigenvalue weighted by atomic mass is 32.2. The third-order valence-corrected chi connectivity index (χ3v) is 22.9. The molecule has 17 rings (SSSR count). The molecular weight excluding hydrogens is 1070 g/mol. The summed E-state index contributed by atoms with van der Waals surface area (Å²) in [6.45, 7) is 11.4. The topological polar surface area (TPSA) is 150 Å². The number of hydrogen-bond acceptors (Lipinski definition) is 11. The number of thioether (sulfide) groups is 1. The third kappa shape index (κ3) is 15.8. The van der Waals surface area contributed by atoms with Gasteiger partial charge in [-0.3, -0.25) is 9.59 Å². The minimum Gasteiger partial charge on any atom is -0.497 e. The molecule has 85 heavy (non-hydrogen) atoms. The average Bonchev–Trinajstić information content (AvgIpc) is 1.35. The van der Waals surface area contributed by atoms with Gasteiger partial charge in [-0.1, -0.05) is 98.8 Å². The molecule has 11 nitrogen and oxygen atoms in total. The Morgan fingerprint density at radius 1 is 0.624 bits per heavy atom. The number of amides is 1. The molecule has 12 bridgehead atoms. The van der Waals surface area contributed by atoms with E-state index in [1.165, 1.54) is 134 Å². The number of fused-ring (bicyclic) bond motifs is 1. The van der Waals surface area contributed by atoms with Gasteiger partial charge < -0.3 is 46.1 Å². The van der Waals surface area contributed by atoms with E-state index in [1.807, 2.05) is 79.7 Å². The van der Waals surface area contributed by atoms with Crippen molar-refractivity contribution in [3.05, 3.63) is 126 Å². The monoisotopic (exact) mass is 1180 g/mol. The molecule has 12 aliphatic carbocycles. The summed E-state index contributed by atoms with van der Waals surface area (Å²) in [6.07, 6.45) is 24.9. The lowest BCUT2D eigenvalue weighted by atomic mass is 9.43. The fourth-order valence-electron chi connectivity index (χ4n) is 19.7. The predicted molar refractivity (Wildman–Crippen MR) is 347 cm³/mol. The number of hydrogen-bond donors (Lipinski definition) is 3. The molecule has 4 aromatic rings. The van der Waals surface area contributed by atoms with E-state index in [2.05, 4.69) is 88.3 Å². The number of rotatable bonds is 13. The Labute approximate surface area is 516 Å². The van der Waals surface area contributed by atoms with E-state index < -0.39 is 12.1 Å². The van der Waals surface area contributed by atoms with E-state index in [0.717, 1.165) is 76.5 Å². The van der Waals surface area contributed by atoms with Gasteiger partial charge >= 0.3 is 5.97 Å². The van der Waals surface area contributed by atoms with Crippen LogP contribution in [0.3, 0.4) is 0 Å². The zero-order valence-electron chi connectivity index (χ0n) is 53.3. The maximum absolute atomic E-state index is 13.6. The largest absolute Gasteiger partial charge is 0.497 e. The Morgan fingerprint density at radius 3 is 1.53 bits per heavy atom. The molecule has 464 valence electrons. The molecule has 12 heteroatoms. The maximum atomic E-state index is 13.6. The zero-order valence-corrected chi connectivity index (χ0v) is 54.1. The van der Waals surface area contributed by atoms with Crippen molar-refractivity contribution in [1.29, 1.82) is 0 Å². The summed E-state index contributed by atoms with van der Waals surface area (Å²) >= 11 is 1.54. The van der Waals surface area contributed by atoms with Crippen LogP contribution in [0.4, 0.5) is 5.69 Å². The second-order valence-corrected chi connectivity index (χ2v) is 31.5. The summed E-state index contributed by atoms with van der Waals surface area (Å²) in [5, 5.41) is -0.359. The number of anilines is 1. The van der Waals surface area contributed by atoms with Crippen LogP contribution >= 0.6 is 11.8 Å². The van der Waals surface area contributed by atoms with Crippen LogP contribution in [0.1, 0.15) is 171 Å². The van der Waals surface area contributed by atoms with Crippen molar-refractivity contribution in [1.82, 2.24) is 9.80 Å². The molecular formula is C73H106N6O5S. The summed E-state index contributed by atoms with van der Waals surface area (Å²) in [7, 11) is 9.66. The van der Waals surface area contributed by atoms with E-state index in [0.29, 0.717) is 40.9 Å². The van der Waals surface area contributed by atoms with E-state index in [4.69, 9.17) is 31.4 Å². The molecule has 0 radical (unpaired) electrons. The Kier molecular flexibility index (Phi) is 20.1. The first-order chi connectivity index (χ1) is 40.5. The van der Waals surface area contributed by atoms with E-state index in [9.17, 15) is 9.59 Å². The zero-order chi connectivity index (χ0) is 60.3. The van der Waals surface area contributed by atoms with Crippen LogP contribution in [-0.4, -0.2) is 106 Å². The van der Waals surface area contributed by atoms with Crippen molar-refractivity contribution in [2.24, 2.45) is 74.9 Å². The molecule has 12 saturated carbocycles. The number of likely N-dealkylation sites (N-methyl/N-ethyl adjacent to an activating group) is 2. The number of carbonyl (C=O) groups excluding carboxylic acids is 2. The molecule has 0 aromatic heterocycles. The smallest absolute Gasteiger partial charge is 0.303 e. The van der Waals surface area contributed by atoms with Crippen LogP contribution in [0.25, 0.3) is 0 Å². The number of para-hydroxylation sites is 1. The van der Waals surface area contributed by atoms with Crippen LogP contribution in [-0.2, 0) is 19.1 Å². The van der Waals surface area contributed by atoms with Gasteiger partial charge in [0.2, 0.25) is 0 Å². The van der Waals surface area contributed by atoms with Gasteiger partial charge in [-0.2, -0.15) is 0 Å². The van der Waals surface area contributed by atoms with E-state index >= 15 is 0 Å². The van der Waals surface area contributed by atoms with Crippen LogP contribution in [0, 0.1) is 57.7 Å². The molecule has 1 amide bonds. The molecule has 6 N–H and O–H groups in total. The van der Waals surface area contributed by atoms with Crippen LogP contribution in [0.2, 0.25) is 0 Å². The summed E-state index contributed by atoms with van der Waals surface area (Å²) < 4.78 is 16.9. The lowest BCUT2D eigenvalue weighted by Gasteiger charge is -2.64. The van der Waals surface area contributed by atoms with Crippen LogP contribution < -0.4 is 26.8 Å². The summed E-state index contributed by atoms with van der Waals surface area (Å²) in [5.74, 6) is 7.23. The summed E-state index contributed by atoms with van der Waals surface area (Å²) in [6, 6.07) is 36.6. The number of nitrogens with zero attached hydrogens (tertiary/aromatic N) is 3. The van der Waals surface area contributed by atoms with Gasteiger partial charge in [0.1, 0.15) is 11.9 Å². The first-order valence-corrected chi connectivity index (χ1v) is 33.6. The van der Waals surface area contributed by atoms with Crippen LogP contribution in [0.5, 0.6) is 5.75 Å². The normalized spacial score (nSPS) is 35.1. The molecule has 7 atom stereocenters. The Hall–Kier alpha value is -4.27. The Bertz CT molecular complexity index is 2670. The molecule has 12 fully saturated rings. The second kappa shape index (κ2) is 26.8. The van der Waals surface area contributed by atoms with Crippen molar-refractivity contribution in [2.75, 3.05) is 66.4 Å². The van der Waals surface area contributed by atoms with Crippen LogP contribution in [0.15, 0.2) is 114 Å². The quantitative estimate of drug-likeness (QED) is 0.110. The van der Waals surface area contributed by atoms with Gasteiger partial charge in [-0.05, 0) is 249 Å². The molecule has 1 heterocycles. The predicted octanol–water partition coefficient (Wildman–Crippen LogP) is 13.9. The van der Waals surface area contributed by atoms with Gasteiger partial charge in [-0.15, -0.1) is 11.8 Å². The van der Waals surface area contributed by atoms with Crippen molar-refractivity contribution < 1.29 is 23.8 Å². The van der Waals surface area contributed by atoms with E-state index in [1.54, 1.807) is 23.8 Å². The van der Waals surface area contributed by atoms with Crippen molar-refractivity contribution in [3.63, 3.8) is 0 Å². The van der Waals surface area contributed by atoms with Gasteiger partial charge in [0.25, 0.3) is 5.91 Å². The van der Waals surface area contributed by atoms with Gasteiger partial charge in [0.05, 0.1) is 24.7 Å². The first-order valence-electron chi connectivity index (χ1n) is 32.7. The van der Waals surface area contributed by atoms with Gasteiger partial charge in [0.15, 0.2) is 6.10 Å². The number of esters is 1. The first kappa shape index (κ1) is 63.7. The molecule has 4 aromatic carbocycles. The van der Waals surface area contributed by atoms with Crippen molar-refractivity contribution in [2.45, 2.75) is 183 Å². The highest BCUT2D eigenvalue weighted by Gasteiger charge is 2.59. The SMILES string of the molecule is CC(N)C12CC3CC(CC(C3)C1)C2.CC12CC3CC(N)(C1)C[C@@](C)(C3)C2.CN(C)CCOC(c1ccccc1)c1ccccc1.COc1ccc([C@@H]2Sc3ccccc3N(CCN(C)C)C(=O)[C@@H]2OC(C)=O)cc1.NC12CC3CC(CC(C3)C1)C2. The number of carbonyl (C=O) groups is 2. The molecule has 13 aliphatic rings. The fourth-order valence-corrected chi connectivity index (χ4v) is 21.0. The van der Waals surface area contributed by atoms with Gasteiger partial charge in [-0.25, -0.2) is 0 Å². The molecule has 4 unspecified atom stereocenters. The minimum atomic E-state index is -0.916. The average molecular weight is 1180 g/mol. The van der Waals surface area contributed by atoms with E-state index in [-0.39, 0.29) is 22.8 Å². The second-order valence-electron chi connectivity index (χ2n) is 30.3. The standard InChI is InChI=1S/C22H26N2O4S.C17H21NO.2C12H21N.C10H17N/c1-15(25)28-20-21(16-9-11-17(27-4)12-10-16)29-19-8-6-5-7-18(19)24(22(20)26)14-13-23(2)3;1-18(2)13-14-19-17(15-9-5-3-6-10-15)16-11-7-4-8-12-16;1-10-3-9-4-11(2,6-10)8-12(13,5-9)7-10;1-8(13)12-5-9-2-10(6-12)4-11(3-9)7-12;11-10-4-7-1-8(5-10)3-9(2-7)6-10/h5-12,20-21H,13-14H2,1-4H3;3-12,17H,13-14H2,1-2H3;9H,3-8,13H2,1-2H3;8-11H,2-7,13H2,1H3;7-9H,1-6,11H2/t20-,21+;;9?,10-,11?,12?;;/m1.0../s1. The highest BCUT2D eigenvalue weighted by molar-refractivity contribution is 7.99. The number of benzene rings is 4. The lowest BCUT2D eigenvalue weighted by Crippen LogP contribution is -2.62. The highest BCUT2D eigenvalue weighted by Crippen LogP contribution is 2.66. The van der Waals surface area contributed by atoms with Crippen molar-refractivity contribution in [3.8, 4) is 5.75 Å². The molecule has 1 aliphatic heterocycles. The maximum Gasteiger partial charge on any atom is 0.303 e. The number of methoxy groups -OCH3 is 1. The van der Waals surface area contributed by atoms with Gasteiger partial charge in [0, 0.05) is 48.6 Å². The van der Waals surface area contributed by atoms with Crippen molar-refractivity contribution >= 4 is 29.3 Å². The number of ether oxygens (including phenoxy) is 3. The third-order valence-electron chi connectivity index (χ3n) is 21.5. The summed E-state index contributed by atoms with van der Waals surface area (Å²) in [4.78, 5) is 32.3. The summed E-state index contributed by atoms with van der Waals surface area (Å²) in [5.41, 5.74) is 25.5. The molecule has 0 saturated heterocycles. The number of nitrogens with two attached hydrogens (primary N) is 3. The Balaban J connectivity index is 0.000000124. The Morgan fingerprint density at radius 2 is 1.09 bits per heavy atom. The lowest BCUT2D eigenvalue weighted by molar-refractivity contribution is -0.152. The molecule has 0 spiro atoms. The fraction of sp³-hybridized carbons (Fsp3) is 0.644.